The molecule has 0 aliphatic rings. The summed E-state index contributed by atoms with van der Waals surface area (Å²) in [4.78, 5) is 28.7. The average Bonchev–Trinajstić information content (AvgIpc) is 2.42. The number of hydroxylamine groups is 2. The summed E-state index contributed by atoms with van der Waals surface area (Å²) in [6.45, 7) is 5.73. The van der Waals surface area contributed by atoms with Crippen LogP contribution < -0.4 is 4.84 Å². The lowest BCUT2D eigenvalue weighted by molar-refractivity contribution is -0.161. The second-order valence-electron chi connectivity index (χ2n) is 4.89. The molecule has 1 unspecified atom stereocenters. The smallest absolute Gasteiger partial charge is 0.307 e. The Kier molecular flexibility index (Phi) is 6.03. The van der Waals surface area contributed by atoms with Crippen molar-refractivity contribution in [2.75, 3.05) is 6.54 Å². The highest BCUT2D eigenvalue weighted by Gasteiger charge is 2.27. The predicted octanol–water partition coefficient (Wildman–Crippen LogP) is 2.58. The lowest BCUT2D eigenvalue weighted by Gasteiger charge is -2.23. The Bertz CT molecular complexity index is 444. The standard InChI is InChI=1S/C15H21NO4/c1-4-16(20-12-8-6-5-7-9-12)14(17)10-13(11(2)3)15(18)19/h5-9,11,13H,4,10H2,1-3H3,(H,18,19). The van der Waals surface area contributed by atoms with Crippen LogP contribution in [0.15, 0.2) is 30.3 Å². The number of carboxylic acid groups (broad SMARTS) is 1. The monoisotopic (exact) mass is 279 g/mol. The minimum Gasteiger partial charge on any atom is -0.481 e. The summed E-state index contributed by atoms with van der Waals surface area (Å²) in [5.41, 5.74) is 0. The van der Waals surface area contributed by atoms with Crippen LogP contribution >= 0.6 is 0 Å². The second kappa shape index (κ2) is 7.53. The molecule has 1 aromatic carbocycles. The van der Waals surface area contributed by atoms with Crippen LogP contribution in [0.4, 0.5) is 0 Å². The number of amides is 1. The first-order valence-electron chi connectivity index (χ1n) is 6.71. The Balaban J connectivity index is 2.69. The van der Waals surface area contributed by atoms with Gasteiger partial charge < -0.3 is 9.94 Å². The zero-order valence-corrected chi connectivity index (χ0v) is 12.1. The van der Waals surface area contributed by atoms with Crippen molar-refractivity contribution < 1.29 is 19.5 Å². The van der Waals surface area contributed by atoms with Crippen molar-refractivity contribution in [1.82, 2.24) is 5.06 Å². The van der Waals surface area contributed by atoms with E-state index in [2.05, 4.69) is 0 Å². The highest BCUT2D eigenvalue weighted by molar-refractivity contribution is 5.82. The normalized spacial score (nSPS) is 12.0. The predicted molar refractivity (Wildman–Crippen MR) is 75.0 cm³/mol. The largest absolute Gasteiger partial charge is 0.481 e. The van der Waals surface area contributed by atoms with Crippen LogP contribution in [0.2, 0.25) is 0 Å². The molecular weight excluding hydrogens is 258 g/mol. The summed E-state index contributed by atoms with van der Waals surface area (Å²) in [6, 6.07) is 8.95. The zero-order valence-electron chi connectivity index (χ0n) is 12.1. The zero-order chi connectivity index (χ0) is 15.1. The second-order valence-corrected chi connectivity index (χ2v) is 4.89. The molecule has 0 aliphatic carbocycles. The van der Waals surface area contributed by atoms with Crippen molar-refractivity contribution in [3.8, 4) is 5.75 Å². The van der Waals surface area contributed by atoms with Crippen molar-refractivity contribution in [1.29, 1.82) is 0 Å². The first kappa shape index (κ1) is 16.0. The van der Waals surface area contributed by atoms with Gasteiger partial charge in [-0.2, -0.15) is 5.06 Å². The van der Waals surface area contributed by atoms with E-state index < -0.39 is 11.9 Å². The number of para-hydroxylation sites is 1. The molecule has 5 nitrogen and oxygen atoms in total. The third-order valence-corrected chi connectivity index (χ3v) is 3.04. The summed E-state index contributed by atoms with van der Waals surface area (Å²) in [5, 5.41) is 10.3. The van der Waals surface area contributed by atoms with Gasteiger partial charge in [-0.15, -0.1) is 0 Å². The molecule has 1 amide bonds. The Hall–Kier alpha value is -2.04. The van der Waals surface area contributed by atoms with Crippen LogP contribution in [0.25, 0.3) is 0 Å². The molecule has 1 N–H and O–H groups in total. The molecule has 1 atom stereocenters. The van der Waals surface area contributed by atoms with Gasteiger partial charge in [-0.1, -0.05) is 32.0 Å². The topological polar surface area (TPSA) is 66.8 Å². The van der Waals surface area contributed by atoms with Gasteiger partial charge in [0.25, 0.3) is 5.91 Å². The van der Waals surface area contributed by atoms with Crippen LogP contribution in [-0.4, -0.2) is 28.6 Å². The van der Waals surface area contributed by atoms with E-state index in [1.54, 1.807) is 32.9 Å². The molecule has 0 saturated carbocycles. The summed E-state index contributed by atoms with van der Waals surface area (Å²) in [5.74, 6) is -1.52. The Morgan fingerprint density at radius 2 is 1.85 bits per heavy atom. The van der Waals surface area contributed by atoms with Crippen molar-refractivity contribution in [3.63, 3.8) is 0 Å². The SMILES string of the molecule is CCN(Oc1ccccc1)C(=O)CC(C(=O)O)C(C)C. The van der Waals surface area contributed by atoms with E-state index in [-0.39, 0.29) is 18.2 Å². The molecule has 1 rings (SSSR count). The fourth-order valence-corrected chi connectivity index (χ4v) is 1.80. The van der Waals surface area contributed by atoms with Crippen molar-refractivity contribution >= 4 is 11.9 Å². The molecule has 110 valence electrons. The van der Waals surface area contributed by atoms with E-state index in [1.165, 1.54) is 5.06 Å². The number of carbonyl (C=O) groups is 2. The molecule has 0 spiro atoms. The maximum absolute atomic E-state index is 12.1. The molecule has 0 radical (unpaired) electrons. The van der Waals surface area contributed by atoms with E-state index >= 15 is 0 Å². The van der Waals surface area contributed by atoms with Crippen molar-refractivity contribution in [2.24, 2.45) is 11.8 Å². The molecule has 0 bridgehead atoms. The third-order valence-electron chi connectivity index (χ3n) is 3.04. The van der Waals surface area contributed by atoms with Crippen molar-refractivity contribution in [2.45, 2.75) is 27.2 Å². The van der Waals surface area contributed by atoms with Gasteiger partial charge in [0.1, 0.15) is 0 Å². The highest BCUT2D eigenvalue weighted by Crippen LogP contribution is 2.18. The first-order chi connectivity index (χ1) is 9.45. The molecule has 0 aromatic heterocycles. The minimum absolute atomic E-state index is 0.0618. The number of aliphatic carboxylic acids is 1. The van der Waals surface area contributed by atoms with Crippen LogP contribution in [-0.2, 0) is 9.59 Å². The van der Waals surface area contributed by atoms with Gasteiger partial charge in [-0.3, -0.25) is 9.59 Å². The number of hydrogen-bond donors (Lipinski definition) is 1. The number of benzene rings is 1. The highest BCUT2D eigenvalue weighted by atomic mass is 16.7. The molecule has 0 fully saturated rings. The average molecular weight is 279 g/mol. The molecule has 20 heavy (non-hydrogen) atoms. The van der Waals surface area contributed by atoms with E-state index in [0.717, 1.165) is 0 Å². The molecule has 0 heterocycles. The summed E-state index contributed by atoms with van der Waals surface area (Å²) in [7, 11) is 0. The van der Waals surface area contributed by atoms with E-state index in [9.17, 15) is 9.59 Å². The Labute approximate surface area is 119 Å². The lowest BCUT2D eigenvalue weighted by Crippen LogP contribution is -2.37. The molecular formula is C15H21NO4. The van der Waals surface area contributed by atoms with Crippen LogP contribution in [0.3, 0.4) is 0 Å². The van der Waals surface area contributed by atoms with Gasteiger partial charge in [0.15, 0.2) is 5.75 Å². The number of hydrogen-bond acceptors (Lipinski definition) is 3. The summed E-state index contributed by atoms with van der Waals surface area (Å²) >= 11 is 0. The third kappa shape index (κ3) is 4.57. The van der Waals surface area contributed by atoms with Gasteiger partial charge in [-0.05, 0) is 25.0 Å². The number of nitrogens with zero attached hydrogens (tertiary/aromatic N) is 1. The fourth-order valence-electron chi connectivity index (χ4n) is 1.80. The minimum atomic E-state index is -0.955. The van der Waals surface area contributed by atoms with Gasteiger partial charge in [0.2, 0.25) is 0 Å². The van der Waals surface area contributed by atoms with Crippen LogP contribution in [0.1, 0.15) is 27.2 Å². The van der Waals surface area contributed by atoms with Crippen molar-refractivity contribution in [3.05, 3.63) is 30.3 Å². The number of carboxylic acids is 1. The quantitative estimate of drug-likeness (QED) is 0.779. The molecule has 5 heteroatoms. The Morgan fingerprint density at radius 1 is 1.25 bits per heavy atom. The Morgan fingerprint density at radius 3 is 2.30 bits per heavy atom. The first-order valence-corrected chi connectivity index (χ1v) is 6.71. The van der Waals surface area contributed by atoms with Crippen LogP contribution in [0.5, 0.6) is 5.75 Å². The van der Waals surface area contributed by atoms with E-state index in [4.69, 9.17) is 9.94 Å². The van der Waals surface area contributed by atoms with E-state index in [1.807, 2.05) is 18.2 Å². The lowest BCUT2D eigenvalue weighted by atomic mass is 9.92. The van der Waals surface area contributed by atoms with Crippen LogP contribution in [0, 0.1) is 11.8 Å². The number of rotatable bonds is 7. The summed E-state index contributed by atoms with van der Waals surface area (Å²) in [6.07, 6.45) is -0.0618. The fraction of sp³-hybridized carbons (Fsp3) is 0.467. The maximum atomic E-state index is 12.1. The van der Waals surface area contributed by atoms with Gasteiger partial charge in [-0.25, -0.2) is 0 Å². The number of carbonyl (C=O) groups excluding carboxylic acids is 1. The maximum Gasteiger partial charge on any atom is 0.307 e. The van der Waals surface area contributed by atoms with Gasteiger partial charge >= 0.3 is 5.97 Å². The van der Waals surface area contributed by atoms with Gasteiger partial charge in [0.05, 0.1) is 12.5 Å². The van der Waals surface area contributed by atoms with Gasteiger partial charge in [0, 0.05) is 6.42 Å². The molecule has 0 saturated heterocycles. The van der Waals surface area contributed by atoms with E-state index in [0.29, 0.717) is 12.3 Å². The molecule has 0 aliphatic heterocycles. The molecule has 1 aromatic rings. The summed E-state index contributed by atoms with van der Waals surface area (Å²) < 4.78 is 0.